The molecule has 4 rings (SSSR count). The molecule has 1 heterocycles. The Morgan fingerprint density at radius 3 is 1.87 bits per heavy atom. The number of methoxy groups -OCH3 is 2. The third kappa shape index (κ3) is 20.6. The molecule has 0 aromatic heterocycles. The number of nitrogens with zero attached hydrogens (tertiary/aromatic N) is 3. The lowest BCUT2D eigenvalue weighted by molar-refractivity contribution is -0.147. The van der Waals surface area contributed by atoms with Gasteiger partial charge in [0.15, 0.2) is 0 Å². The molecule has 2 fully saturated rings. The van der Waals surface area contributed by atoms with E-state index >= 15 is 0 Å². The molecule has 0 unspecified atom stereocenters. The summed E-state index contributed by atoms with van der Waals surface area (Å²) in [4.78, 5) is 126. The summed E-state index contributed by atoms with van der Waals surface area (Å²) in [5.41, 5.74) is 12.8. The van der Waals surface area contributed by atoms with Gasteiger partial charge in [0.25, 0.3) is 5.91 Å². The third-order valence-electron chi connectivity index (χ3n) is 15.9. The van der Waals surface area contributed by atoms with E-state index in [1.807, 2.05) is 13.8 Å². The van der Waals surface area contributed by atoms with E-state index in [0.717, 1.165) is 0 Å². The quantitative estimate of drug-likeness (QED) is 0.0476. The summed E-state index contributed by atoms with van der Waals surface area (Å²) >= 11 is 0. The number of ether oxygens (including phenoxy) is 3. The van der Waals surface area contributed by atoms with Crippen LogP contribution in [0.15, 0.2) is 54.6 Å². The van der Waals surface area contributed by atoms with Crippen molar-refractivity contribution in [3.05, 3.63) is 65.7 Å². The summed E-state index contributed by atoms with van der Waals surface area (Å²) in [5.74, 6) is -6.02. The fourth-order valence-corrected chi connectivity index (χ4v) is 12.1. The molecule has 10 N–H and O–H groups in total. The maximum absolute atomic E-state index is 14.7. The molecule has 1 aliphatic heterocycles. The number of carbonyl (C=O) groups is 9. The van der Waals surface area contributed by atoms with Gasteiger partial charge in [-0.05, 0) is 85.5 Å². The number of likely N-dealkylation sites (N-methyl/N-ethyl adjacent to an activating group) is 2. The van der Waals surface area contributed by atoms with E-state index in [9.17, 15) is 51.6 Å². The van der Waals surface area contributed by atoms with Crippen LogP contribution >= 0.6 is 0 Å². The predicted octanol–water partition coefficient (Wildman–Crippen LogP) is 3.14. The minimum absolute atomic E-state index is 0.0266. The van der Waals surface area contributed by atoms with Crippen molar-refractivity contribution in [3.8, 4) is 0 Å². The number of rotatable bonds is 33. The van der Waals surface area contributed by atoms with Gasteiger partial charge in [-0.1, -0.05) is 105 Å². The highest BCUT2D eigenvalue weighted by molar-refractivity contribution is 7.90. The van der Waals surface area contributed by atoms with Gasteiger partial charge in [0, 0.05) is 53.5 Å². The van der Waals surface area contributed by atoms with Gasteiger partial charge in [0.1, 0.15) is 30.8 Å². The summed E-state index contributed by atoms with van der Waals surface area (Å²) in [5, 5.41) is 12.9. The van der Waals surface area contributed by atoms with Crippen molar-refractivity contribution in [1.82, 2.24) is 40.7 Å². The second kappa shape index (κ2) is 33.3. The first-order valence-corrected chi connectivity index (χ1v) is 31.2. The third-order valence-corrected chi connectivity index (χ3v) is 17.7. The van der Waals surface area contributed by atoms with E-state index in [2.05, 4.69) is 31.3 Å². The Balaban J connectivity index is 1.41. The zero-order valence-corrected chi connectivity index (χ0v) is 53.1. The number of benzene rings is 2. The molecule has 0 spiro atoms. The molecule has 25 nitrogen and oxygen atoms in total. The average molecular weight is 1230 g/mol. The number of nitrogens with two attached hydrogens (primary N) is 2. The first kappa shape index (κ1) is 71.6. The van der Waals surface area contributed by atoms with Crippen molar-refractivity contribution in [1.29, 1.82) is 0 Å². The standard InChI is InChI=1S/C60H95N11O14S/c1-34(2)48(61)56(76)65-43(21-17-29-63-59(62)79)54(74)64-41-25-23-40(24-26-41)33-85-60(80)70(11)51(37(7)8)57(77)67-49(35(3)4)58(78)69(10)50(36(5)6)46(83-12)32-47(72)71-30-18-22-45(71)52(84-13)38(9)53(73)66-44(31-39-19-15-14-16-20-39)55(75)68-86(81,82)42-27-28-42/h14-16,19-20,23-26,34-38,42-46,48-52H,17-18,21-22,27-33,61H2,1-13H3,(H,64,74)(H,65,76)(H,66,73)(H,67,77)(H,68,75)(H3,62,63,79)/t38-,43+,44+,45+,46-,48+,49+,50+,51+,52-/m1/s1. The number of urea groups is 1. The molecule has 86 heavy (non-hydrogen) atoms. The first-order valence-electron chi connectivity index (χ1n) is 29.6. The molecular formula is C60H95N11O14S. The summed E-state index contributed by atoms with van der Waals surface area (Å²) in [6.45, 7) is 16.4. The molecule has 0 bridgehead atoms. The largest absolute Gasteiger partial charge is 0.445 e. The molecule has 1 saturated heterocycles. The van der Waals surface area contributed by atoms with E-state index in [0.29, 0.717) is 55.5 Å². The van der Waals surface area contributed by atoms with E-state index < -0.39 is 135 Å². The van der Waals surface area contributed by atoms with Gasteiger partial charge in [-0.3, -0.25) is 43.2 Å². The van der Waals surface area contributed by atoms with E-state index in [4.69, 9.17) is 25.7 Å². The number of hydrogen-bond donors (Lipinski definition) is 8. The van der Waals surface area contributed by atoms with E-state index in [1.54, 1.807) is 115 Å². The van der Waals surface area contributed by atoms with Crippen molar-refractivity contribution in [3.63, 3.8) is 0 Å². The van der Waals surface area contributed by atoms with Crippen LogP contribution in [-0.2, 0) is 70.8 Å². The van der Waals surface area contributed by atoms with Crippen LogP contribution in [0, 0.1) is 29.6 Å². The second-order valence-electron chi connectivity index (χ2n) is 23.9. The number of likely N-dealkylation sites (tertiary alicyclic amines) is 1. The van der Waals surface area contributed by atoms with Crippen molar-refractivity contribution in [2.24, 2.45) is 41.1 Å². The molecule has 2 aromatic rings. The zero-order chi connectivity index (χ0) is 64.3. The van der Waals surface area contributed by atoms with Gasteiger partial charge in [-0.25, -0.2) is 18.0 Å². The van der Waals surface area contributed by atoms with E-state index in [1.165, 1.54) is 31.1 Å². The van der Waals surface area contributed by atoms with Crippen molar-refractivity contribution in [2.45, 2.75) is 180 Å². The van der Waals surface area contributed by atoms with Gasteiger partial charge < -0.3 is 62.1 Å². The minimum Gasteiger partial charge on any atom is -0.445 e. The van der Waals surface area contributed by atoms with Crippen LogP contribution in [0.2, 0.25) is 0 Å². The fourth-order valence-electron chi connectivity index (χ4n) is 10.8. The average Bonchev–Trinajstić information content (AvgIpc) is 4.19. The van der Waals surface area contributed by atoms with Gasteiger partial charge in [-0.2, -0.15) is 0 Å². The van der Waals surface area contributed by atoms with Gasteiger partial charge in [-0.15, -0.1) is 0 Å². The van der Waals surface area contributed by atoms with Crippen LogP contribution in [0.25, 0.3) is 0 Å². The first-order chi connectivity index (χ1) is 40.4. The normalized spacial score (nSPS) is 17.5. The Bertz CT molecular complexity index is 2730. The highest BCUT2D eigenvalue weighted by atomic mass is 32.2. The number of primary amides is 1. The SMILES string of the molecule is CO[C@H]([C@@H](C)C(=O)N[C@@H](Cc1ccccc1)C(=O)NS(=O)(=O)C1CC1)[C@@H]1CCCN1C(=O)C[C@@H](OC)[C@H](C(C)C)N(C)C(=O)[C@@H](NC(=O)[C@H](C(C)C)N(C)C(=O)OCc1ccc(NC(=O)[C@H](CCCNC(N)=O)NC(=O)[C@@H](N)C(C)C)cc1)C(C)C. The summed E-state index contributed by atoms with van der Waals surface area (Å²) < 4.78 is 45.4. The number of anilines is 1. The number of nitrogens with one attached hydrogen (secondary N) is 6. The predicted molar refractivity (Wildman–Crippen MR) is 324 cm³/mol. The number of sulfonamides is 1. The van der Waals surface area contributed by atoms with Crippen LogP contribution < -0.4 is 42.8 Å². The number of hydrogen-bond acceptors (Lipinski definition) is 15. The van der Waals surface area contributed by atoms with E-state index in [-0.39, 0.29) is 50.2 Å². The van der Waals surface area contributed by atoms with Gasteiger partial charge >= 0.3 is 12.1 Å². The Labute approximate surface area is 507 Å². The molecule has 1 aliphatic carbocycles. The molecule has 2 aromatic carbocycles. The fraction of sp³-hybridized carbons (Fsp3) is 0.650. The molecule has 2 aliphatic rings. The lowest BCUT2D eigenvalue weighted by atomic mass is 9.91. The topological polar surface area (TPSA) is 349 Å². The lowest BCUT2D eigenvalue weighted by Gasteiger charge is -2.40. The van der Waals surface area contributed by atoms with Crippen molar-refractivity contribution >= 4 is 69.2 Å². The molecular weight excluding hydrogens is 1130 g/mol. The highest BCUT2D eigenvalue weighted by Gasteiger charge is 2.45. The van der Waals surface area contributed by atoms with Crippen molar-refractivity contribution < 1.29 is 65.8 Å². The smallest absolute Gasteiger partial charge is 0.410 e. The maximum Gasteiger partial charge on any atom is 0.410 e. The molecule has 10 amide bonds. The molecule has 480 valence electrons. The summed E-state index contributed by atoms with van der Waals surface area (Å²) in [6, 6.07) is 8.18. The maximum atomic E-state index is 14.7. The van der Waals surface area contributed by atoms with Crippen LogP contribution in [0.5, 0.6) is 0 Å². The van der Waals surface area contributed by atoms with Crippen molar-refractivity contribution in [2.75, 3.05) is 46.7 Å². The van der Waals surface area contributed by atoms with Crippen LogP contribution in [0.4, 0.5) is 15.3 Å². The van der Waals surface area contributed by atoms with Crippen LogP contribution in [0.3, 0.4) is 0 Å². The Hall–Kier alpha value is -6.90. The van der Waals surface area contributed by atoms with Gasteiger partial charge in [0.2, 0.25) is 45.5 Å². The second-order valence-corrected chi connectivity index (χ2v) is 25.9. The lowest BCUT2D eigenvalue weighted by Crippen LogP contribution is -2.60. The summed E-state index contributed by atoms with van der Waals surface area (Å²) in [6.07, 6.45) is -0.0987. The molecule has 1 saturated carbocycles. The Morgan fingerprint density at radius 2 is 1.33 bits per heavy atom. The Kier molecular flexibility index (Phi) is 27.7. The van der Waals surface area contributed by atoms with Gasteiger partial charge in [0.05, 0.1) is 47.9 Å². The number of carbonyl (C=O) groups excluding carboxylic acids is 9. The zero-order valence-electron chi connectivity index (χ0n) is 52.3. The van der Waals surface area contributed by atoms with Crippen LogP contribution in [0.1, 0.15) is 118 Å². The summed E-state index contributed by atoms with van der Waals surface area (Å²) in [7, 11) is 2.01. The number of amides is 10. The highest BCUT2D eigenvalue weighted by Crippen LogP contribution is 2.30. The molecule has 0 radical (unpaired) electrons. The Morgan fingerprint density at radius 1 is 0.698 bits per heavy atom. The van der Waals surface area contributed by atoms with Crippen LogP contribution in [-0.4, -0.2) is 178 Å². The molecule has 26 heteroatoms. The monoisotopic (exact) mass is 1230 g/mol. The molecule has 10 atom stereocenters. The minimum atomic E-state index is -3.91.